The second-order valence-electron chi connectivity index (χ2n) is 4.38. The maximum atomic E-state index is 12.4. The average molecular weight is 242 g/mol. The minimum absolute atomic E-state index is 0.149. The third kappa shape index (κ3) is 2.68. The Morgan fingerprint density at radius 2 is 1.71 bits per heavy atom. The Bertz CT molecular complexity index is 406. The van der Waals surface area contributed by atoms with Gasteiger partial charge in [0.15, 0.2) is 0 Å². The minimum atomic E-state index is -4.31. The van der Waals surface area contributed by atoms with Crippen LogP contribution >= 0.6 is 0 Å². The molecule has 0 bridgehead atoms. The van der Waals surface area contributed by atoms with E-state index in [2.05, 4.69) is 0 Å². The van der Waals surface area contributed by atoms with Gasteiger partial charge in [0, 0.05) is 12.3 Å². The molecule has 1 nitrogen and oxygen atoms in total. The number of alkyl halides is 3. The van der Waals surface area contributed by atoms with Gasteiger partial charge in [0.1, 0.15) is 5.78 Å². The normalized spacial score (nSPS) is 21.6. The van der Waals surface area contributed by atoms with E-state index in [1.807, 2.05) is 0 Å². The fraction of sp³-hybridized carbons (Fsp3) is 0.462. The van der Waals surface area contributed by atoms with Crippen LogP contribution in [0.5, 0.6) is 0 Å². The molecule has 1 aromatic carbocycles. The van der Waals surface area contributed by atoms with Crippen LogP contribution in [0.1, 0.15) is 42.7 Å². The molecule has 0 saturated heterocycles. The van der Waals surface area contributed by atoms with Gasteiger partial charge in [-0.3, -0.25) is 4.79 Å². The summed E-state index contributed by atoms with van der Waals surface area (Å²) >= 11 is 0. The maximum Gasteiger partial charge on any atom is 0.416 e. The van der Waals surface area contributed by atoms with Crippen molar-refractivity contribution >= 4 is 5.78 Å². The lowest BCUT2D eigenvalue weighted by Crippen LogP contribution is -2.17. The average Bonchev–Trinajstić information content (AvgIpc) is 2.29. The van der Waals surface area contributed by atoms with Crippen LogP contribution in [0.25, 0.3) is 0 Å². The van der Waals surface area contributed by atoms with Crippen molar-refractivity contribution in [1.29, 1.82) is 0 Å². The highest BCUT2D eigenvalue weighted by Gasteiger charge is 2.31. The number of ketones is 1. The maximum absolute atomic E-state index is 12.4. The standard InChI is InChI=1S/C13H13F3O/c14-13(15,16)10-7-5-9(6-8-10)11-3-1-2-4-12(11)17/h5-8,11H,1-4H2/t11-/m0/s1. The fourth-order valence-corrected chi connectivity index (χ4v) is 2.24. The summed E-state index contributed by atoms with van der Waals surface area (Å²) in [6, 6.07) is 4.96. The lowest BCUT2D eigenvalue weighted by Gasteiger charge is -2.21. The predicted octanol–water partition coefficient (Wildman–Crippen LogP) is 3.93. The van der Waals surface area contributed by atoms with E-state index in [0.717, 1.165) is 31.4 Å². The topological polar surface area (TPSA) is 17.1 Å². The van der Waals surface area contributed by atoms with Crippen LogP contribution in [0, 0.1) is 0 Å². The number of halogens is 3. The van der Waals surface area contributed by atoms with Crippen LogP contribution in [0.2, 0.25) is 0 Å². The molecule has 0 N–H and O–H groups in total. The molecule has 0 spiro atoms. The molecular formula is C13H13F3O. The first-order valence-electron chi connectivity index (χ1n) is 5.68. The molecule has 0 heterocycles. The van der Waals surface area contributed by atoms with E-state index in [4.69, 9.17) is 0 Å². The Balaban J connectivity index is 2.20. The number of carbonyl (C=O) groups is 1. The third-order valence-electron chi connectivity index (χ3n) is 3.20. The molecule has 0 amide bonds. The predicted molar refractivity (Wildman–Crippen MR) is 57.7 cm³/mol. The number of carbonyl (C=O) groups excluding carboxylic acids is 1. The first kappa shape index (κ1) is 12.1. The number of hydrogen-bond donors (Lipinski definition) is 0. The molecule has 0 aromatic heterocycles. The van der Waals surface area contributed by atoms with E-state index in [9.17, 15) is 18.0 Å². The number of Topliss-reactive ketones (excluding diaryl/α,β-unsaturated/α-hetero) is 1. The first-order chi connectivity index (χ1) is 7.98. The van der Waals surface area contributed by atoms with Gasteiger partial charge in [-0.1, -0.05) is 18.6 Å². The number of hydrogen-bond acceptors (Lipinski definition) is 1. The molecular weight excluding hydrogens is 229 g/mol. The number of rotatable bonds is 1. The molecule has 92 valence electrons. The van der Waals surface area contributed by atoms with E-state index < -0.39 is 11.7 Å². The second kappa shape index (κ2) is 4.51. The van der Waals surface area contributed by atoms with Gasteiger partial charge in [0.05, 0.1) is 5.56 Å². The Labute approximate surface area is 97.6 Å². The second-order valence-corrected chi connectivity index (χ2v) is 4.38. The minimum Gasteiger partial charge on any atom is -0.299 e. The van der Waals surface area contributed by atoms with Crippen LogP contribution in [-0.4, -0.2) is 5.78 Å². The third-order valence-corrected chi connectivity index (χ3v) is 3.20. The molecule has 4 heteroatoms. The van der Waals surface area contributed by atoms with Crippen molar-refractivity contribution in [3.05, 3.63) is 35.4 Å². The molecule has 1 aliphatic rings. The Morgan fingerprint density at radius 3 is 2.24 bits per heavy atom. The van der Waals surface area contributed by atoms with Crippen LogP contribution in [-0.2, 0) is 11.0 Å². The molecule has 1 aromatic rings. The van der Waals surface area contributed by atoms with Gasteiger partial charge in [0.25, 0.3) is 0 Å². The van der Waals surface area contributed by atoms with E-state index in [0.29, 0.717) is 12.0 Å². The van der Waals surface area contributed by atoms with Crippen molar-refractivity contribution < 1.29 is 18.0 Å². The lowest BCUT2D eigenvalue weighted by atomic mass is 9.83. The van der Waals surface area contributed by atoms with Crippen molar-refractivity contribution in [3.8, 4) is 0 Å². The van der Waals surface area contributed by atoms with Crippen molar-refractivity contribution in [2.75, 3.05) is 0 Å². The van der Waals surface area contributed by atoms with Crippen LogP contribution in [0.4, 0.5) is 13.2 Å². The summed E-state index contributed by atoms with van der Waals surface area (Å²) in [6.45, 7) is 0. The fourth-order valence-electron chi connectivity index (χ4n) is 2.24. The van der Waals surface area contributed by atoms with E-state index in [-0.39, 0.29) is 11.7 Å². The van der Waals surface area contributed by atoms with Crippen molar-refractivity contribution in [3.63, 3.8) is 0 Å². The molecule has 0 radical (unpaired) electrons. The summed E-state index contributed by atoms with van der Waals surface area (Å²) in [5.74, 6) is -0.0537. The zero-order valence-corrected chi connectivity index (χ0v) is 9.26. The highest BCUT2D eigenvalue weighted by Crippen LogP contribution is 2.33. The van der Waals surface area contributed by atoms with Crippen LogP contribution in [0.15, 0.2) is 24.3 Å². The van der Waals surface area contributed by atoms with Crippen molar-refractivity contribution in [2.24, 2.45) is 0 Å². The molecule has 1 saturated carbocycles. The quantitative estimate of drug-likeness (QED) is 0.729. The Kier molecular flexibility index (Phi) is 3.22. The first-order valence-corrected chi connectivity index (χ1v) is 5.68. The Morgan fingerprint density at radius 1 is 1.06 bits per heavy atom. The van der Waals surface area contributed by atoms with E-state index in [1.54, 1.807) is 0 Å². The van der Waals surface area contributed by atoms with Gasteiger partial charge in [0.2, 0.25) is 0 Å². The number of benzene rings is 1. The highest BCUT2D eigenvalue weighted by atomic mass is 19.4. The highest BCUT2D eigenvalue weighted by molar-refractivity contribution is 5.86. The summed E-state index contributed by atoms with van der Waals surface area (Å²) in [5.41, 5.74) is 0.0483. The van der Waals surface area contributed by atoms with Gasteiger partial charge in [-0.15, -0.1) is 0 Å². The summed E-state index contributed by atoms with van der Waals surface area (Å²) in [5, 5.41) is 0. The van der Waals surface area contributed by atoms with Crippen molar-refractivity contribution in [2.45, 2.75) is 37.8 Å². The lowest BCUT2D eigenvalue weighted by molar-refractivity contribution is -0.137. The van der Waals surface area contributed by atoms with Gasteiger partial charge in [-0.25, -0.2) is 0 Å². The molecule has 17 heavy (non-hydrogen) atoms. The van der Waals surface area contributed by atoms with Crippen LogP contribution in [0.3, 0.4) is 0 Å². The van der Waals surface area contributed by atoms with Gasteiger partial charge >= 0.3 is 6.18 Å². The largest absolute Gasteiger partial charge is 0.416 e. The molecule has 0 aliphatic heterocycles. The van der Waals surface area contributed by atoms with Gasteiger partial charge < -0.3 is 0 Å². The van der Waals surface area contributed by atoms with E-state index in [1.165, 1.54) is 12.1 Å². The summed E-state index contributed by atoms with van der Waals surface area (Å²) < 4.78 is 37.1. The van der Waals surface area contributed by atoms with Gasteiger partial charge in [-0.05, 0) is 30.5 Å². The monoisotopic (exact) mass is 242 g/mol. The summed E-state index contributed by atoms with van der Waals surface area (Å²) in [6.07, 6.45) is -1.14. The van der Waals surface area contributed by atoms with Crippen molar-refractivity contribution in [1.82, 2.24) is 0 Å². The zero-order valence-electron chi connectivity index (χ0n) is 9.26. The molecule has 1 fully saturated rings. The summed E-state index contributed by atoms with van der Waals surface area (Å²) in [4.78, 5) is 11.7. The van der Waals surface area contributed by atoms with Crippen LogP contribution < -0.4 is 0 Å². The smallest absolute Gasteiger partial charge is 0.299 e. The molecule has 0 unspecified atom stereocenters. The summed E-state index contributed by atoms with van der Waals surface area (Å²) in [7, 11) is 0. The molecule has 2 rings (SSSR count). The zero-order chi connectivity index (χ0) is 12.5. The van der Waals surface area contributed by atoms with E-state index >= 15 is 0 Å². The Hall–Kier alpha value is -1.32. The SMILES string of the molecule is O=C1CCCC[C@H]1c1ccc(C(F)(F)F)cc1. The van der Waals surface area contributed by atoms with Gasteiger partial charge in [-0.2, -0.15) is 13.2 Å². The molecule has 1 aliphatic carbocycles. The molecule has 1 atom stereocenters.